The normalized spacial score (nSPS) is 25.3. The molecule has 0 bridgehead atoms. The van der Waals surface area contributed by atoms with Crippen molar-refractivity contribution < 1.29 is 18.0 Å². The first-order valence-electron chi connectivity index (χ1n) is 7.87. The first kappa shape index (κ1) is 15.3. The number of halogens is 3. The number of carbonyl (C=O) groups excluding carboxylic acids is 1. The highest BCUT2D eigenvalue weighted by atomic mass is 19.4. The van der Waals surface area contributed by atoms with Gasteiger partial charge in [-0.15, -0.1) is 0 Å². The maximum atomic E-state index is 12.5. The van der Waals surface area contributed by atoms with Gasteiger partial charge in [0, 0.05) is 5.92 Å². The van der Waals surface area contributed by atoms with E-state index in [0.29, 0.717) is 11.5 Å². The van der Waals surface area contributed by atoms with Crippen LogP contribution in [0.2, 0.25) is 0 Å². The van der Waals surface area contributed by atoms with Crippen LogP contribution in [0.4, 0.5) is 13.2 Å². The van der Waals surface area contributed by atoms with E-state index in [-0.39, 0.29) is 11.7 Å². The average Bonchev–Trinajstić information content (AvgIpc) is 3.09. The molecule has 0 spiro atoms. The number of Topliss-reactive ketones (excluding diaryl/α,β-unsaturated/α-hetero) is 1. The van der Waals surface area contributed by atoms with E-state index in [0.717, 1.165) is 43.4 Å². The third-order valence-electron chi connectivity index (χ3n) is 4.93. The standard InChI is InChI=1S/C18H19F3O/c19-18(20,21)15-8-5-12(6-9-15)11-14-7-10-16(17(14)22)13-3-1-2-4-13/h5-6,8-9,11,13,16H,1-4,7,10H2/b14-11+/t16-/m0/s1. The molecule has 3 rings (SSSR count). The second kappa shape index (κ2) is 5.90. The topological polar surface area (TPSA) is 17.1 Å². The number of hydrogen-bond donors (Lipinski definition) is 0. The summed E-state index contributed by atoms with van der Waals surface area (Å²) in [5.41, 5.74) is 0.788. The minimum Gasteiger partial charge on any atom is -0.294 e. The number of benzene rings is 1. The maximum absolute atomic E-state index is 12.5. The van der Waals surface area contributed by atoms with Gasteiger partial charge < -0.3 is 0 Å². The molecule has 118 valence electrons. The molecule has 1 nitrogen and oxygen atoms in total. The van der Waals surface area contributed by atoms with Crippen molar-refractivity contribution in [2.45, 2.75) is 44.7 Å². The minimum atomic E-state index is -4.32. The molecule has 2 aliphatic carbocycles. The fourth-order valence-electron chi connectivity index (χ4n) is 3.73. The van der Waals surface area contributed by atoms with Gasteiger partial charge in [0.2, 0.25) is 0 Å². The van der Waals surface area contributed by atoms with E-state index in [4.69, 9.17) is 0 Å². The van der Waals surface area contributed by atoms with Crippen LogP contribution in [-0.4, -0.2) is 5.78 Å². The summed E-state index contributed by atoms with van der Waals surface area (Å²) in [6, 6.07) is 5.01. The predicted octanol–water partition coefficient (Wildman–Crippen LogP) is 5.26. The van der Waals surface area contributed by atoms with Crippen molar-refractivity contribution in [3.05, 3.63) is 41.0 Å². The number of hydrogen-bond acceptors (Lipinski definition) is 1. The van der Waals surface area contributed by atoms with Crippen molar-refractivity contribution in [2.75, 3.05) is 0 Å². The number of rotatable bonds is 2. The molecule has 0 unspecified atom stereocenters. The third kappa shape index (κ3) is 3.11. The van der Waals surface area contributed by atoms with Gasteiger partial charge in [0.25, 0.3) is 0 Å². The molecule has 0 aromatic heterocycles. The van der Waals surface area contributed by atoms with E-state index in [1.807, 2.05) is 0 Å². The van der Waals surface area contributed by atoms with Crippen LogP contribution in [0, 0.1) is 11.8 Å². The molecule has 1 aromatic carbocycles. The summed E-state index contributed by atoms with van der Waals surface area (Å²) < 4.78 is 37.6. The molecular weight excluding hydrogens is 289 g/mol. The van der Waals surface area contributed by atoms with Gasteiger partial charge in [-0.2, -0.15) is 13.2 Å². The first-order valence-corrected chi connectivity index (χ1v) is 7.87. The highest BCUT2D eigenvalue weighted by Crippen LogP contribution is 2.41. The molecule has 0 heterocycles. The van der Waals surface area contributed by atoms with Crippen molar-refractivity contribution in [1.29, 1.82) is 0 Å². The summed E-state index contributed by atoms with van der Waals surface area (Å²) in [4.78, 5) is 12.5. The van der Waals surface area contributed by atoms with E-state index in [1.165, 1.54) is 25.0 Å². The Hall–Kier alpha value is -1.58. The number of ketones is 1. The quantitative estimate of drug-likeness (QED) is 0.681. The van der Waals surface area contributed by atoms with Gasteiger partial charge in [0.15, 0.2) is 5.78 Å². The van der Waals surface area contributed by atoms with Crippen LogP contribution in [0.1, 0.15) is 49.7 Å². The molecular formula is C18H19F3O. The molecule has 0 amide bonds. The molecule has 1 atom stereocenters. The summed E-state index contributed by atoms with van der Waals surface area (Å²) in [7, 11) is 0. The van der Waals surface area contributed by atoms with Crippen molar-refractivity contribution in [1.82, 2.24) is 0 Å². The predicted molar refractivity (Wildman–Crippen MR) is 79.1 cm³/mol. The zero-order valence-corrected chi connectivity index (χ0v) is 12.3. The fourth-order valence-corrected chi connectivity index (χ4v) is 3.73. The Morgan fingerprint density at radius 1 is 1.00 bits per heavy atom. The highest BCUT2D eigenvalue weighted by Gasteiger charge is 2.36. The summed E-state index contributed by atoms with van der Waals surface area (Å²) >= 11 is 0. The van der Waals surface area contributed by atoms with Crippen LogP contribution < -0.4 is 0 Å². The van der Waals surface area contributed by atoms with Gasteiger partial charge in [-0.25, -0.2) is 0 Å². The van der Waals surface area contributed by atoms with Crippen LogP contribution in [0.25, 0.3) is 6.08 Å². The molecule has 0 aliphatic heterocycles. The van der Waals surface area contributed by atoms with Crippen LogP contribution >= 0.6 is 0 Å². The molecule has 0 N–H and O–H groups in total. The zero-order valence-electron chi connectivity index (χ0n) is 12.3. The van der Waals surface area contributed by atoms with Gasteiger partial charge >= 0.3 is 6.18 Å². The van der Waals surface area contributed by atoms with Crippen molar-refractivity contribution >= 4 is 11.9 Å². The van der Waals surface area contributed by atoms with Crippen LogP contribution in [0.15, 0.2) is 29.8 Å². The summed E-state index contributed by atoms with van der Waals surface area (Å²) in [5.74, 6) is 0.876. The van der Waals surface area contributed by atoms with Gasteiger partial charge in [-0.1, -0.05) is 25.0 Å². The lowest BCUT2D eigenvalue weighted by Gasteiger charge is -2.15. The van der Waals surface area contributed by atoms with Gasteiger partial charge in [-0.05, 0) is 60.9 Å². The number of allylic oxidation sites excluding steroid dienone is 1. The Morgan fingerprint density at radius 3 is 2.23 bits per heavy atom. The second-order valence-electron chi connectivity index (χ2n) is 6.34. The molecule has 22 heavy (non-hydrogen) atoms. The maximum Gasteiger partial charge on any atom is 0.416 e. The van der Waals surface area contributed by atoms with Crippen LogP contribution in [-0.2, 0) is 11.0 Å². The van der Waals surface area contributed by atoms with E-state index < -0.39 is 11.7 Å². The second-order valence-corrected chi connectivity index (χ2v) is 6.34. The van der Waals surface area contributed by atoms with Crippen molar-refractivity contribution in [3.63, 3.8) is 0 Å². The van der Waals surface area contributed by atoms with Gasteiger partial charge in [0.1, 0.15) is 0 Å². The van der Waals surface area contributed by atoms with Gasteiger partial charge in [0.05, 0.1) is 5.56 Å². The van der Waals surface area contributed by atoms with Crippen molar-refractivity contribution in [2.24, 2.45) is 11.8 Å². The Labute approximate surface area is 128 Å². The molecule has 1 aromatic rings. The lowest BCUT2D eigenvalue weighted by atomic mass is 9.88. The van der Waals surface area contributed by atoms with E-state index in [9.17, 15) is 18.0 Å². The Balaban J connectivity index is 1.74. The molecule has 2 aliphatic rings. The zero-order chi connectivity index (χ0) is 15.7. The van der Waals surface area contributed by atoms with Crippen LogP contribution in [0.3, 0.4) is 0 Å². The number of carbonyl (C=O) groups is 1. The van der Waals surface area contributed by atoms with Gasteiger partial charge in [-0.3, -0.25) is 4.79 Å². The highest BCUT2D eigenvalue weighted by molar-refractivity contribution is 6.03. The molecule has 2 saturated carbocycles. The summed E-state index contributed by atoms with van der Waals surface area (Å²) in [6.45, 7) is 0. The summed E-state index contributed by atoms with van der Waals surface area (Å²) in [5, 5.41) is 0. The smallest absolute Gasteiger partial charge is 0.294 e. The Morgan fingerprint density at radius 2 is 1.64 bits per heavy atom. The molecule has 2 fully saturated rings. The lowest BCUT2D eigenvalue weighted by Crippen LogP contribution is -2.16. The lowest BCUT2D eigenvalue weighted by molar-refractivity contribution is -0.137. The Bertz CT molecular complexity index is 577. The molecule has 0 radical (unpaired) electrons. The van der Waals surface area contributed by atoms with E-state index in [2.05, 4.69) is 0 Å². The minimum absolute atomic E-state index is 0.142. The first-order chi connectivity index (χ1) is 10.4. The summed E-state index contributed by atoms with van der Waals surface area (Å²) in [6.07, 6.45) is 3.81. The molecule has 0 saturated heterocycles. The fraction of sp³-hybridized carbons (Fsp3) is 0.500. The largest absolute Gasteiger partial charge is 0.416 e. The van der Waals surface area contributed by atoms with Crippen LogP contribution in [0.5, 0.6) is 0 Å². The monoisotopic (exact) mass is 308 g/mol. The Kier molecular flexibility index (Phi) is 4.11. The average molecular weight is 308 g/mol. The third-order valence-corrected chi connectivity index (χ3v) is 4.93. The van der Waals surface area contributed by atoms with E-state index in [1.54, 1.807) is 6.08 Å². The molecule has 4 heteroatoms. The SMILES string of the molecule is O=C1/C(=C/c2ccc(C(F)(F)F)cc2)CC[C@H]1C1CCCC1. The number of alkyl halides is 3. The van der Waals surface area contributed by atoms with Crippen molar-refractivity contribution in [3.8, 4) is 0 Å². The van der Waals surface area contributed by atoms with E-state index >= 15 is 0 Å².